The second-order valence-electron chi connectivity index (χ2n) is 6.74. The molecule has 0 saturated carbocycles. The zero-order valence-electron chi connectivity index (χ0n) is 14.9. The normalized spacial score (nSPS) is 19.8. The number of hydrogen-bond acceptors (Lipinski definition) is 5. The van der Waals surface area contributed by atoms with Crippen LogP contribution in [0.5, 0.6) is 0 Å². The number of piperazine rings is 1. The number of carboxylic acids is 1. The third kappa shape index (κ3) is 4.31. The molecule has 0 spiro atoms. The number of halogens is 1. The van der Waals surface area contributed by atoms with Crippen LogP contribution in [0.2, 0.25) is 0 Å². The molecule has 1 aromatic rings. The molecule has 26 heavy (non-hydrogen) atoms. The third-order valence-corrected chi connectivity index (χ3v) is 6.91. The van der Waals surface area contributed by atoms with Gasteiger partial charge in [0.05, 0.1) is 11.3 Å². The van der Waals surface area contributed by atoms with E-state index in [9.17, 15) is 18.3 Å². The van der Waals surface area contributed by atoms with Crippen molar-refractivity contribution in [2.75, 3.05) is 51.2 Å². The van der Waals surface area contributed by atoms with Gasteiger partial charge in [-0.05, 0) is 38.1 Å². The summed E-state index contributed by atoms with van der Waals surface area (Å²) in [5.41, 5.74) is 0.622. The van der Waals surface area contributed by atoms with Crippen LogP contribution >= 0.6 is 12.4 Å². The van der Waals surface area contributed by atoms with Crippen LogP contribution in [-0.4, -0.2) is 75.0 Å². The minimum atomic E-state index is -3.70. The van der Waals surface area contributed by atoms with Gasteiger partial charge in [0.2, 0.25) is 10.0 Å². The third-order valence-electron chi connectivity index (χ3n) is 4.98. The van der Waals surface area contributed by atoms with Crippen molar-refractivity contribution in [3.05, 3.63) is 23.8 Å². The van der Waals surface area contributed by atoms with Crippen LogP contribution in [0.4, 0.5) is 5.69 Å². The van der Waals surface area contributed by atoms with Gasteiger partial charge in [-0.15, -0.1) is 12.4 Å². The van der Waals surface area contributed by atoms with Crippen molar-refractivity contribution in [3.8, 4) is 0 Å². The molecule has 2 fully saturated rings. The first kappa shape index (κ1) is 21.0. The monoisotopic (exact) mass is 403 g/mol. The van der Waals surface area contributed by atoms with Gasteiger partial charge in [0.15, 0.2) is 0 Å². The number of sulfonamides is 1. The first-order chi connectivity index (χ1) is 11.9. The highest BCUT2D eigenvalue weighted by Crippen LogP contribution is 2.31. The van der Waals surface area contributed by atoms with Gasteiger partial charge in [-0.2, -0.15) is 4.31 Å². The lowest BCUT2D eigenvalue weighted by Crippen LogP contribution is -2.45. The van der Waals surface area contributed by atoms with E-state index in [1.165, 1.54) is 16.4 Å². The Bertz CT molecular complexity index is 742. The van der Waals surface area contributed by atoms with Gasteiger partial charge < -0.3 is 14.9 Å². The summed E-state index contributed by atoms with van der Waals surface area (Å²) >= 11 is 0. The molecular formula is C17H26ClN3O4S. The van der Waals surface area contributed by atoms with Crippen molar-refractivity contribution < 1.29 is 18.3 Å². The first-order valence-corrected chi connectivity index (χ1v) is 10.1. The van der Waals surface area contributed by atoms with E-state index in [4.69, 9.17) is 0 Å². The molecule has 2 aliphatic rings. The molecule has 0 unspecified atom stereocenters. The summed E-state index contributed by atoms with van der Waals surface area (Å²) < 4.78 is 27.9. The lowest BCUT2D eigenvalue weighted by atomic mass is 10.2. The van der Waals surface area contributed by atoms with E-state index in [0.29, 0.717) is 18.8 Å². The van der Waals surface area contributed by atoms with Crippen LogP contribution in [0.1, 0.15) is 29.6 Å². The Hall–Kier alpha value is -1.35. The maximum atomic E-state index is 13.2. The molecule has 0 bridgehead atoms. The van der Waals surface area contributed by atoms with Crippen LogP contribution in [0.3, 0.4) is 0 Å². The van der Waals surface area contributed by atoms with Gasteiger partial charge in [-0.3, -0.25) is 0 Å². The van der Waals surface area contributed by atoms with Crippen LogP contribution in [0, 0.1) is 0 Å². The Morgan fingerprint density at radius 1 is 1.00 bits per heavy atom. The fraction of sp³-hybridized carbons (Fsp3) is 0.588. The van der Waals surface area contributed by atoms with Crippen molar-refractivity contribution >= 4 is 34.1 Å². The first-order valence-electron chi connectivity index (χ1n) is 8.70. The second-order valence-corrected chi connectivity index (χ2v) is 8.65. The van der Waals surface area contributed by atoms with Gasteiger partial charge in [0, 0.05) is 39.3 Å². The predicted molar refractivity (Wildman–Crippen MR) is 103 cm³/mol. The molecule has 0 aliphatic carbocycles. The van der Waals surface area contributed by atoms with Gasteiger partial charge in [0.25, 0.3) is 0 Å². The molecule has 2 saturated heterocycles. The largest absolute Gasteiger partial charge is 0.478 e. The van der Waals surface area contributed by atoms with Crippen LogP contribution in [-0.2, 0) is 10.0 Å². The van der Waals surface area contributed by atoms with E-state index in [0.717, 1.165) is 45.4 Å². The Kier molecular flexibility index (Phi) is 6.90. The molecule has 1 N–H and O–H groups in total. The van der Waals surface area contributed by atoms with E-state index in [1.807, 2.05) is 11.9 Å². The number of aromatic carboxylic acids is 1. The van der Waals surface area contributed by atoms with E-state index in [-0.39, 0.29) is 22.9 Å². The summed E-state index contributed by atoms with van der Waals surface area (Å²) in [4.78, 5) is 15.7. The quantitative estimate of drug-likeness (QED) is 0.824. The average molecular weight is 404 g/mol. The Labute approximate surface area is 161 Å². The van der Waals surface area contributed by atoms with E-state index >= 15 is 0 Å². The fourth-order valence-corrected chi connectivity index (χ4v) is 5.16. The topological polar surface area (TPSA) is 81.2 Å². The highest BCUT2D eigenvalue weighted by Gasteiger charge is 2.31. The molecule has 0 atom stereocenters. The van der Waals surface area contributed by atoms with E-state index in [2.05, 4.69) is 4.90 Å². The SMILES string of the molecule is CN1CCN(c2ccc(C(=O)O)cc2S(=O)(=O)N2CCCCC2)CC1.Cl. The maximum Gasteiger partial charge on any atom is 0.335 e. The molecule has 3 rings (SSSR count). The summed E-state index contributed by atoms with van der Waals surface area (Å²) in [6, 6.07) is 4.46. The van der Waals surface area contributed by atoms with E-state index in [1.54, 1.807) is 6.07 Å². The van der Waals surface area contributed by atoms with Crippen LogP contribution < -0.4 is 4.90 Å². The highest BCUT2D eigenvalue weighted by atomic mass is 35.5. The van der Waals surface area contributed by atoms with Gasteiger partial charge in [-0.1, -0.05) is 6.42 Å². The summed E-state index contributed by atoms with van der Waals surface area (Å²) in [6.07, 6.45) is 2.73. The minimum absolute atomic E-state index is 0. The zero-order chi connectivity index (χ0) is 18.0. The number of carbonyl (C=O) groups is 1. The molecule has 0 aromatic heterocycles. The van der Waals surface area contributed by atoms with Gasteiger partial charge in [0.1, 0.15) is 4.90 Å². The summed E-state index contributed by atoms with van der Waals surface area (Å²) in [5.74, 6) is -1.11. The van der Waals surface area contributed by atoms with Crippen LogP contribution in [0.15, 0.2) is 23.1 Å². The average Bonchev–Trinajstić information content (AvgIpc) is 2.62. The number of rotatable bonds is 4. The Balaban J connectivity index is 0.00000243. The molecule has 9 heteroatoms. The zero-order valence-corrected chi connectivity index (χ0v) is 16.6. The Morgan fingerprint density at radius 3 is 2.19 bits per heavy atom. The summed E-state index contributed by atoms with van der Waals surface area (Å²) in [6.45, 7) is 4.16. The van der Waals surface area contributed by atoms with E-state index < -0.39 is 16.0 Å². The molecule has 0 radical (unpaired) electrons. The van der Waals surface area contributed by atoms with Crippen molar-refractivity contribution in [3.63, 3.8) is 0 Å². The second kappa shape index (κ2) is 8.56. The molecule has 2 heterocycles. The number of benzene rings is 1. The van der Waals surface area contributed by atoms with Crippen molar-refractivity contribution in [1.29, 1.82) is 0 Å². The lowest BCUT2D eigenvalue weighted by molar-refractivity contribution is 0.0696. The van der Waals surface area contributed by atoms with Crippen LogP contribution in [0.25, 0.3) is 0 Å². The van der Waals surface area contributed by atoms with Gasteiger partial charge in [-0.25, -0.2) is 13.2 Å². The lowest BCUT2D eigenvalue weighted by Gasteiger charge is -2.36. The molecule has 146 valence electrons. The highest BCUT2D eigenvalue weighted by molar-refractivity contribution is 7.89. The Morgan fingerprint density at radius 2 is 1.62 bits per heavy atom. The fourth-order valence-electron chi connectivity index (χ4n) is 3.41. The minimum Gasteiger partial charge on any atom is -0.478 e. The smallest absolute Gasteiger partial charge is 0.335 e. The molecule has 7 nitrogen and oxygen atoms in total. The maximum absolute atomic E-state index is 13.2. The molecular weight excluding hydrogens is 378 g/mol. The summed E-state index contributed by atoms with van der Waals surface area (Å²) in [5, 5.41) is 9.29. The number of carboxylic acid groups (broad SMARTS) is 1. The molecule has 1 aromatic carbocycles. The van der Waals surface area contributed by atoms with Gasteiger partial charge >= 0.3 is 5.97 Å². The number of piperidine rings is 1. The number of nitrogens with zero attached hydrogens (tertiary/aromatic N) is 3. The standard InChI is InChI=1S/C17H25N3O4S.ClH/c1-18-9-11-19(12-10-18)15-6-5-14(17(21)22)13-16(15)25(23,24)20-7-3-2-4-8-20;/h5-6,13H,2-4,7-12H2,1H3,(H,21,22);1H. The number of likely N-dealkylation sites (N-methyl/N-ethyl adjacent to an activating group) is 1. The van der Waals surface area contributed by atoms with Crippen molar-refractivity contribution in [2.45, 2.75) is 24.2 Å². The molecule has 2 aliphatic heterocycles. The van der Waals surface area contributed by atoms with Crippen molar-refractivity contribution in [2.24, 2.45) is 0 Å². The predicted octanol–water partition coefficient (Wildman–Crippen LogP) is 1.73. The number of hydrogen-bond donors (Lipinski definition) is 1. The molecule has 0 amide bonds. The number of anilines is 1. The summed E-state index contributed by atoms with van der Waals surface area (Å²) in [7, 11) is -1.66. The van der Waals surface area contributed by atoms with Crippen molar-refractivity contribution in [1.82, 2.24) is 9.21 Å².